The molecule has 0 aliphatic rings. The second-order valence-electron chi connectivity index (χ2n) is 4.23. The minimum Gasteiger partial charge on any atom is -0.382 e. The maximum absolute atomic E-state index is 6.04. The highest BCUT2D eigenvalue weighted by Gasteiger charge is 2.08. The molecule has 1 rings (SSSR count). The van der Waals surface area contributed by atoms with E-state index >= 15 is 0 Å². The molecular weight excluding hydrogens is 186 g/mol. The van der Waals surface area contributed by atoms with Gasteiger partial charge >= 0.3 is 0 Å². The molecule has 84 valence electrons. The summed E-state index contributed by atoms with van der Waals surface area (Å²) in [6, 6.07) is 8.73. The van der Waals surface area contributed by atoms with Crippen molar-refractivity contribution in [1.82, 2.24) is 0 Å². The highest BCUT2D eigenvalue weighted by molar-refractivity contribution is 5.21. The molecule has 0 aromatic heterocycles. The van der Waals surface area contributed by atoms with Gasteiger partial charge in [-0.1, -0.05) is 29.8 Å². The highest BCUT2D eigenvalue weighted by atomic mass is 16.5. The van der Waals surface area contributed by atoms with Crippen molar-refractivity contribution in [3.05, 3.63) is 35.4 Å². The van der Waals surface area contributed by atoms with Crippen molar-refractivity contribution < 1.29 is 4.74 Å². The van der Waals surface area contributed by atoms with Crippen LogP contribution in [-0.2, 0) is 11.2 Å². The first-order chi connectivity index (χ1) is 7.11. The van der Waals surface area contributed by atoms with E-state index in [9.17, 15) is 0 Å². The van der Waals surface area contributed by atoms with Gasteiger partial charge in [0.05, 0.1) is 6.10 Å². The molecular formula is C13H21NO. The molecule has 2 unspecified atom stereocenters. The molecule has 0 aliphatic heterocycles. The van der Waals surface area contributed by atoms with Gasteiger partial charge in [-0.2, -0.15) is 0 Å². The Bertz CT molecular complexity index is 281. The van der Waals surface area contributed by atoms with Crippen molar-refractivity contribution in [3.8, 4) is 0 Å². The standard InChI is InChI=1S/C13H21NO/c1-10-4-6-12(7-5-10)9-13(14)8-11(2)15-3/h4-7,11,13H,8-9,14H2,1-3H3. The van der Waals surface area contributed by atoms with E-state index < -0.39 is 0 Å². The van der Waals surface area contributed by atoms with Crippen LogP contribution < -0.4 is 5.73 Å². The monoisotopic (exact) mass is 207 g/mol. The van der Waals surface area contributed by atoms with Crippen LogP contribution in [-0.4, -0.2) is 19.3 Å². The highest BCUT2D eigenvalue weighted by Crippen LogP contribution is 2.08. The fraction of sp³-hybridized carbons (Fsp3) is 0.538. The van der Waals surface area contributed by atoms with Gasteiger partial charge in [0.2, 0.25) is 0 Å². The van der Waals surface area contributed by atoms with E-state index in [-0.39, 0.29) is 12.1 Å². The van der Waals surface area contributed by atoms with Crippen molar-refractivity contribution in [2.75, 3.05) is 7.11 Å². The Morgan fingerprint density at radius 2 is 1.87 bits per heavy atom. The van der Waals surface area contributed by atoms with Crippen molar-refractivity contribution in [3.63, 3.8) is 0 Å². The molecule has 0 saturated carbocycles. The van der Waals surface area contributed by atoms with Crippen LogP contribution in [0.2, 0.25) is 0 Å². The third-order valence-electron chi connectivity index (χ3n) is 2.66. The molecule has 2 heteroatoms. The molecule has 0 bridgehead atoms. The smallest absolute Gasteiger partial charge is 0.0558 e. The maximum atomic E-state index is 6.04. The fourth-order valence-electron chi connectivity index (χ4n) is 1.63. The van der Waals surface area contributed by atoms with Crippen LogP contribution in [0.4, 0.5) is 0 Å². The topological polar surface area (TPSA) is 35.2 Å². The minimum atomic E-state index is 0.183. The molecule has 1 aromatic carbocycles. The summed E-state index contributed by atoms with van der Waals surface area (Å²) in [6.07, 6.45) is 2.07. The number of hydrogen-bond donors (Lipinski definition) is 1. The molecule has 2 atom stereocenters. The Morgan fingerprint density at radius 3 is 2.40 bits per heavy atom. The lowest BCUT2D eigenvalue weighted by atomic mass is 10.0. The van der Waals surface area contributed by atoms with Crippen LogP contribution in [0.1, 0.15) is 24.5 Å². The van der Waals surface area contributed by atoms with Crippen molar-refractivity contribution >= 4 is 0 Å². The zero-order chi connectivity index (χ0) is 11.3. The van der Waals surface area contributed by atoms with Crippen LogP contribution in [0, 0.1) is 6.92 Å². The van der Waals surface area contributed by atoms with Crippen LogP contribution in [0.15, 0.2) is 24.3 Å². The maximum Gasteiger partial charge on any atom is 0.0558 e. The fourth-order valence-corrected chi connectivity index (χ4v) is 1.63. The first-order valence-electron chi connectivity index (χ1n) is 5.45. The molecule has 0 amide bonds. The number of nitrogens with two attached hydrogens (primary N) is 1. The summed E-state index contributed by atoms with van der Waals surface area (Å²) in [7, 11) is 1.73. The second kappa shape index (κ2) is 5.89. The van der Waals surface area contributed by atoms with Gasteiger partial charge in [0, 0.05) is 13.2 Å². The van der Waals surface area contributed by atoms with Gasteiger partial charge in [0.25, 0.3) is 0 Å². The number of methoxy groups -OCH3 is 1. The summed E-state index contributed by atoms with van der Waals surface area (Å²) in [5.74, 6) is 0. The molecule has 0 aliphatic carbocycles. The first kappa shape index (κ1) is 12.2. The second-order valence-corrected chi connectivity index (χ2v) is 4.23. The Labute approximate surface area is 92.4 Å². The molecule has 2 nitrogen and oxygen atoms in total. The van der Waals surface area contributed by atoms with Crippen LogP contribution in [0.5, 0.6) is 0 Å². The minimum absolute atomic E-state index is 0.183. The van der Waals surface area contributed by atoms with Gasteiger partial charge < -0.3 is 10.5 Å². The third-order valence-corrected chi connectivity index (χ3v) is 2.66. The van der Waals surface area contributed by atoms with Crippen LogP contribution in [0.25, 0.3) is 0 Å². The van der Waals surface area contributed by atoms with E-state index in [0.717, 1.165) is 12.8 Å². The van der Waals surface area contributed by atoms with Crippen molar-refractivity contribution in [1.29, 1.82) is 0 Å². The molecule has 0 fully saturated rings. The van der Waals surface area contributed by atoms with Gasteiger partial charge in [-0.25, -0.2) is 0 Å². The van der Waals surface area contributed by atoms with Crippen molar-refractivity contribution in [2.24, 2.45) is 5.73 Å². The van der Waals surface area contributed by atoms with Gasteiger partial charge in [0.1, 0.15) is 0 Å². The Balaban J connectivity index is 2.44. The van der Waals surface area contributed by atoms with Gasteiger partial charge in [-0.3, -0.25) is 0 Å². The molecule has 0 saturated heterocycles. The molecule has 15 heavy (non-hydrogen) atoms. The Kier molecular flexibility index (Phi) is 4.79. The first-order valence-corrected chi connectivity index (χ1v) is 5.45. The molecule has 0 spiro atoms. The largest absolute Gasteiger partial charge is 0.382 e. The van der Waals surface area contributed by atoms with Crippen LogP contribution in [0.3, 0.4) is 0 Å². The van der Waals surface area contributed by atoms with E-state index in [1.165, 1.54) is 11.1 Å². The zero-order valence-electron chi connectivity index (χ0n) is 9.86. The van der Waals surface area contributed by atoms with Gasteiger partial charge in [-0.15, -0.1) is 0 Å². The summed E-state index contributed by atoms with van der Waals surface area (Å²) in [5.41, 5.74) is 8.63. The van der Waals surface area contributed by atoms with E-state index in [1.54, 1.807) is 7.11 Å². The van der Waals surface area contributed by atoms with Crippen LogP contribution >= 0.6 is 0 Å². The molecule has 0 heterocycles. The summed E-state index contributed by atoms with van der Waals surface area (Å²) in [5, 5.41) is 0. The summed E-state index contributed by atoms with van der Waals surface area (Å²) in [4.78, 5) is 0. The zero-order valence-corrected chi connectivity index (χ0v) is 9.86. The quantitative estimate of drug-likeness (QED) is 0.804. The normalized spacial score (nSPS) is 14.9. The predicted molar refractivity (Wildman–Crippen MR) is 63.9 cm³/mol. The SMILES string of the molecule is COC(C)CC(N)Cc1ccc(C)cc1. The molecule has 1 aromatic rings. The lowest BCUT2D eigenvalue weighted by molar-refractivity contribution is 0.104. The number of benzene rings is 1. The van der Waals surface area contributed by atoms with Crippen molar-refractivity contribution in [2.45, 2.75) is 38.8 Å². The molecule has 0 radical (unpaired) electrons. The lowest BCUT2D eigenvalue weighted by Crippen LogP contribution is -2.27. The summed E-state index contributed by atoms with van der Waals surface area (Å²) < 4.78 is 5.20. The Hall–Kier alpha value is -0.860. The molecule has 2 N–H and O–H groups in total. The number of hydrogen-bond acceptors (Lipinski definition) is 2. The number of ether oxygens (including phenoxy) is 1. The predicted octanol–water partition coefficient (Wildman–Crippen LogP) is 2.29. The lowest BCUT2D eigenvalue weighted by Gasteiger charge is -2.16. The Morgan fingerprint density at radius 1 is 1.27 bits per heavy atom. The van der Waals surface area contributed by atoms with Gasteiger partial charge in [-0.05, 0) is 32.3 Å². The van der Waals surface area contributed by atoms with E-state index in [2.05, 4.69) is 38.1 Å². The van der Waals surface area contributed by atoms with Gasteiger partial charge in [0.15, 0.2) is 0 Å². The summed E-state index contributed by atoms with van der Waals surface area (Å²) >= 11 is 0. The average molecular weight is 207 g/mol. The van der Waals surface area contributed by atoms with E-state index in [4.69, 9.17) is 10.5 Å². The summed E-state index contributed by atoms with van der Waals surface area (Å²) in [6.45, 7) is 4.14. The van der Waals surface area contributed by atoms with E-state index in [0.29, 0.717) is 0 Å². The van der Waals surface area contributed by atoms with E-state index in [1.807, 2.05) is 0 Å². The third kappa shape index (κ3) is 4.45. The number of rotatable bonds is 5. The average Bonchev–Trinajstić information content (AvgIpc) is 2.21. The number of aryl methyl sites for hydroxylation is 1.